The topological polar surface area (TPSA) is 92.6 Å². The summed E-state index contributed by atoms with van der Waals surface area (Å²) in [5, 5.41) is 3.30. The van der Waals surface area contributed by atoms with Crippen LogP contribution in [0.4, 0.5) is 5.95 Å². The van der Waals surface area contributed by atoms with Gasteiger partial charge in [0.1, 0.15) is 6.04 Å². The second-order valence-corrected chi connectivity index (χ2v) is 5.67. The number of nitrogens with one attached hydrogen (secondary N) is 1. The molecular formula is C10H8Cl4N8. The molecule has 0 spiro atoms. The van der Waals surface area contributed by atoms with Crippen LogP contribution < -0.4 is 10.2 Å². The van der Waals surface area contributed by atoms with E-state index in [1.165, 1.54) is 0 Å². The standard InChI is InChI=1S/C10H8Cl4N8/c11-6-16-5(17-7(12)18-6)4-3-15-1-2-22(4)10-20-8(13)19-9(14)21-10/h4,15H,1-3H2. The maximum Gasteiger partial charge on any atom is 0.231 e. The van der Waals surface area contributed by atoms with Gasteiger partial charge in [-0.15, -0.1) is 0 Å². The Morgan fingerprint density at radius 1 is 0.818 bits per heavy atom. The summed E-state index contributed by atoms with van der Waals surface area (Å²) in [6, 6.07) is -0.290. The van der Waals surface area contributed by atoms with Gasteiger partial charge in [-0.25, -0.2) is 9.97 Å². The molecule has 12 heteroatoms. The van der Waals surface area contributed by atoms with Crippen LogP contribution in [0.25, 0.3) is 0 Å². The predicted molar refractivity (Wildman–Crippen MR) is 82.7 cm³/mol. The van der Waals surface area contributed by atoms with Crippen LogP contribution in [0, 0.1) is 0 Å². The highest BCUT2D eigenvalue weighted by atomic mass is 35.5. The average molecular weight is 382 g/mol. The quantitative estimate of drug-likeness (QED) is 0.841. The third-order valence-corrected chi connectivity index (χ3v) is 3.64. The Balaban J connectivity index is 2.00. The lowest BCUT2D eigenvalue weighted by Crippen LogP contribution is -2.47. The Morgan fingerprint density at radius 2 is 1.36 bits per heavy atom. The molecule has 0 amide bonds. The number of hydrogen-bond acceptors (Lipinski definition) is 8. The normalized spacial score (nSPS) is 18.5. The zero-order chi connectivity index (χ0) is 15.7. The van der Waals surface area contributed by atoms with Crippen molar-refractivity contribution in [3.63, 3.8) is 0 Å². The largest absolute Gasteiger partial charge is 0.328 e. The number of hydrogen-bond donors (Lipinski definition) is 1. The Labute approximate surface area is 145 Å². The van der Waals surface area contributed by atoms with Gasteiger partial charge >= 0.3 is 0 Å². The molecule has 0 radical (unpaired) electrons. The minimum Gasteiger partial charge on any atom is -0.328 e. The van der Waals surface area contributed by atoms with Crippen molar-refractivity contribution < 1.29 is 0 Å². The Hall–Kier alpha value is -1.06. The van der Waals surface area contributed by atoms with Gasteiger partial charge in [0.05, 0.1) is 0 Å². The number of nitrogens with zero attached hydrogens (tertiary/aromatic N) is 7. The first kappa shape index (κ1) is 15.8. The first-order valence-corrected chi connectivity index (χ1v) is 7.65. The van der Waals surface area contributed by atoms with Crippen LogP contribution in [0.15, 0.2) is 0 Å². The number of aromatic nitrogens is 6. The van der Waals surface area contributed by atoms with E-state index in [0.29, 0.717) is 24.9 Å². The summed E-state index contributed by atoms with van der Waals surface area (Å²) in [5.74, 6) is 0.744. The van der Waals surface area contributed by atoms with E-state index in [1.807, 2.05) is 4.90 Å². The first-order chi connectivity index (χ1) is 10.5. The smallest absolute Gasteiger partial charge is 0.231 e. The maximum absolute atomic E-state index is 5.84. The third kappa shape index (κ3) is 3.47. The lowest BCUT2D eigenvalue weighted by molar-refractivity contribution is 0.464. The van der Waals surface area contributed by atoms with E-state index in [4.69, 9.17) is 46.4 Å². The molecule has 1 saturated heterocycles. The van der Waals surface area contributed by atoms with Crippen molar-refractivity contribution in [1.29, 1.82) is 0 Å². The molecule has 1 N–H and O–H groups in total. The monoisotopic (exact) mass is 380 g/mol. The van der Waals surface area contributed by atoms with Crippen molar-refractivity contribution >= 4 is 52.4 Å². The molecule has 1 atom stereocenters. The van der Waals surface area contributed by atoms with Crippen molar-refractivity contribution in [3.8, 4) is 0 Å². The van der Waals surface area contributed by atoms with E-state index in [-0.39, 0.29) is 27.2 Å². The summed E-state index contributed by atoms with van der Waals surface area (Å²) >= 11 is 23.4. The minimum atomic E-state index is -0.290. The molecule has 3 heterocycles. The second kappa shape index (κ2) is 6.59. The van der Waals surface area contributed by atoms with Gasteiger partial charge in [-0.1, -0.05) is 0 Å². The van der Waals surface area contributed by atoms with Crippen LogP contribution >= 0.6 is 46.4 Å². The molecule has 116 valence electrons. The fourth-order valence-corrected chi connectivity index (χ4v) is 2.84. The van der Waals surface area contributed by atoms with E-state index in [9.17, 15) is 0 Å². The van der Waals surface area contributed by atoms with Gasteiger partial charge in [0.25, 0.3) is 0 Å². The highest BCUT2D eigenvalue weighted by Gasteiger charge is 2.29. The van der Waals surface area contributed by atoms with Crippen LogP contribution in [0.1, 0.15) is 11.9 Å². The highest BCUT2D eigenvalue weighted by molar-refractivity contribution is 6.31. The molecular weight excluding hydrogens is 374 g/mol. The molecule has 8 nitrogen and oxygen atoms in total. The molecule has 0 saturated carbocycles. The molecule has 3 rings (SSSR count). The molecule has 2 aromatic heterocycles. The molecule has 0 aromatic carbocycles. The lowest BCUT2D eigenvalue weighted by Gasteiger charge is -2.35. The fourth-order valence-electron chi connectivity index (χ4n) is 2.11. The first-order valence-electron chi connectivity index (χ1n) is 6.14. The lowest BCUT2D eigenvalue weighted by atomic mass is 10.2. The van der Waals surface area contributed by atoms with Crippen LogP contribution in [0.3, 0.4) is 0 Å². The highest BCUT2D eigenvalue weighted by Crippen LogP contribution is 2.26. The van der Waals surface area contributed by atoms with Crippen LogP contribution in [-0.4, -0.2) is 49.5 Å². The van der Waals surface area contributed by atoms with E-state index < -0.39 is 0 Å². The molecule has 1 aliphatic rings. The SMILES string of the molecule is Clc1nc(Cl)nc(C2CNCCN2c2nc(Cl)nc(Cl)n2)n1. The van der Waals surface area contributed by atoms with Gasteiger partial charge in [-0.2, -0.15) is 19.9 Å². The minimum absolute atomic E-state index is 0.0130. The summed E-state index contributed by atoms with van der Waals surface area (Å²) in [6.45, 7) is 1.88. The molecule has 22 heavy (non-hydrogen) atoms. The van der Waals surface area contributed by atoms with E-state index in [0.717, 1.165) is 6.54 Å². The van der Waals surface area contributed by atoms with E-state index >= 15 is 0 Å². The van der Waals surface area contributed by atoms with Gasteiger partial charge < -0.3 is 10.2 Å². The van der Waals surface area contributed by atoms with Crippen molar-refractivity contribution in [2.75, 3.05) is 24.5 Å². The van der Waals surface area contributed by atoms with Gasteiger partial charge in [0.15, 0.2) is 5.82 Å². The van der Waals surface area contributed by atoms with Gasteiger partial charge in [-0.05, 0) is 46.4 Å². The predicted octanol–water partition coefficient (Wildman–Crippen LogP) is 1.82. The summed E-state index contributed by atoms with van der Waals surface area (Å²) in [6.07, 6.45) is 0. The van der Waals surface area contributed by atoms with E-state index in [2.05, 4.69) is 35.2 Å². The molecule has 1 aliphatic heterocycles. The fraction of sp³-hybridized carbons (Fsp3) is 0.400. The molecule has 2 aromatic rings. The molecule has 1 unspecified atom stereocenters. The van der Waals surface area contributed by atoms with E-state index in [1.54, 1.807) is 0 Å². The number of piperazine rings is 1. The van der Waals surface area contributed by atoms with Crippen molar-refractivity contribution in [3.05, 3.63) is 27.0 Å². The summed E-state index contributed by atoms with van der Waals surface area (Å²) in [4.78, 5) is 25.8. The Kier molecular flexibility index (Phi) is 4.74. The zero-order valence-corrected chi connectivity index (χ0v) is 13.9. The third-order valence-electron chi connectivity index (χ3n) is 2.97. The number of rotatable bonds is 2. The van der Waals surface area contributed by atoms with Crippen molar-refractivity contribution in [2.45, 2.75) is 6.04 Å². The van der Waals surface area contributed by atoms with Gasteiger partial charge in [0, 0.05) is 19.6 Å². The average Bonchev–Trinajstić information content (AvgIpc) is 2.45. The molecule has 1 fully saturated rings. The summed E-state index contributed by atoms with van der Waals surface area (Å²) in [5.41, 5.74) is 0. The number of halogens is 4. The Morgan fingerprint density at radius 3 is 1.95 bits per heavy atom. The molecule has 0 aliphatic carbocycles. The van der Waals surface area contributed by atoms with Gasteiger partial charge in [-0.3, -0.25) is 0 Å². The van der Waals surface area contributed by atoms with Crippen LogP contribution in [0.5, 0.6) is 0 Å². The second-order valence-electron chi connectivity index (χ2n) is 4.32. The van der Waals surface area contributed by atoms with Crippen molar-refractivity contribution in [2.24, 2.45) is 0 Å². The molecule has 0 bridgehead atoms. The van der Waals surface area contributed by atoms with Crippen LogP contribution in [0.2, 0.25) is 21.1 Å². The zero-order valence-electron chi connectivity index (χ0n) is 10.8. The summed E-state index contributed by atoms with van der Waals surface area (Å²) in [7, 11) is 0. The van der Waals surface area contributed by atoms with Gasteiger partial charge in [0.2, 0.25) is 27.1 Å². The number of anilines is 1. The maximum atomic E-state index is 5.84. The van der Waals surface area contributed by atoms with Crippen LogP contribution in [-0.2, 0) is 0 Å². The summed E-state index contributed by atoms with van der Waals surface area (Å²) < 4.78 is 0. The van der Waals surface area contributed by atoms with Crippen molar-refractivity contribution in [1.82, 2.24) is 35.2 Å². The Bertz CT molecular complexity index is 599.